The van der Waals surface area contributed by atoms with Gasteiger partial charge in [0.25, 0.3) is 0 Å². The summed E-state index contributed by atoms with van der Waals surface area (Å²) in [6.45, 7) is 6.01. The molecule has 96 valence electrons. The van der Waals surface area contributed by atoms with E-state index in [0.717, 1.165) is 0 Å². The standard InChI is InChI=1S/C11H19N3O3/c1-8(2)13-7-9(11(15)16)10(12)14-3-5-17-6-4-14/h7-8,12-13H,3-6H2,1-2H3,(H,15,16)/b9-7+,12-10?. The van der Waals surface area contributed by atoms with Crippen LogP contribution in [0.2, 0.25) is 0 Å². The Morgan fingerprint density at radius 3 is 2.53 bits per heavy atom. The third-order valence-corrected chi connectivity index (χ3v) is 2.37. The van der Waals surface area contributed by atoms with Crippen LogP contribution in [0.3, 0.4) is 0 Å². The number of rotatable bonds is 4. The summed E-state index contributed by atoms with van der Waals surface area (Å²) in [5.41, 5.74) is -0.0133. The SMILES string of the molecule is CC(C)N/C=C(\C(=N)N1CCOCC1)C(=O)O. The fourth-order valence-electron chi connectivity index (χ4n) is 1.44. The Balaban J connectivity index is 2.72. The van der Waals surface area contributed by atoms with Crippen molar-refractivity contribution in [2.24, 2.45) is 0 Å². The van der Waals surface area contributed by atoms with Gasteiger partial charge in [0.15, 0.2) is 0 Å². The summed E-state index contributed by atoms with van der Waals surface area (Å²) in [6.07, 6.45) is 1.39. The van der Waals surface area contributed by atoms with Gasteiger partial charge in [-0.15, -0.1) is 0 Å². The summed E-state index contributed by atoms with van der Waals surface area (Å²) < 4.78 is 5.17. The van der Waals surface area contributed by atoms with Crippen LogP contribution < -0.4 is 5.32 Å². The summed E-state index contributed by atoms with van der Waals surface area (Å²) >= 11 is 0. The topological polar surface area (TPSA) is 85.7 Å². The van der Waals surface area contributed by atoms with E-state index in [1.807, 2.05) is 13.8 Å². The Morgan fingerprint density at radius 1 is 1.47 bits per heavy atom. The number of morpholine rings is 1. The number of hydrogen-bond acceptors (Lipinski definition) is 4. The van der Waals surface area contributed by atoms with E-state index >= 15 is 0 Å². The van der Waals surface area contributed by atoms with Crippen molar-refractivity contribution in [2.75, 3.05) is 26.3 Å². The molecule has 1 saturated heterocycles. The van der Waals surface area contributed by atoms with Crippen molar-refractivity contribution in [1.29, 1.82) is 5.41 Å². The lowest BCUT2D eigenvalue weighted by atomic mass is 10.2. The van der Waals surface area contributed by atoms with Crippen LogP contribution in [0.15, 0.2) is 11.8 Å². The molecular weight excluding hydrogens is 222 g/mol. The van der Waals surface area contributed by atoms with E-state index in [1.165, 1.54) is 6.20 Å². The van der Waals surface area contributed by atoms with E-state index in [4.69, 9.17) is 15.3 Å². The number of hydrogen-bond donors (Lipinski definition) is 3. The molecule has 0 atom stereocenters. The van der Waals surface area contributed by atoms with Crippen LogP contribution in [0.4, 0.5) is 0 Å². The quantitative estimate of drug-likeness (QED) is 0.373. The number of nitrogens with one attached hydrogen (secondary N) is 2. The molecule has 1 rings (SSSR count). The van der Waals surface area contributed by atoms with Gasteiger partial charge in [-0.1, -0.05) is 0 Å². The van der Waals surface area contributed by atoms with Gasteiger partial charge in [0, 0.05) is 25.3 Å². The number of carboxylic acids is 1. The average molecular weight is 241 g/mol. The molecule has 1 aliphatic rings. The first-order chi connectivity index (χ1) is 8.02. The molecule has 0 saturated carbocycles. The summed E-state index contributed by atoms with van der Waals surface area (Å²) in [4.78, 5) is 12.8. The van der Waals surface area contributed by atoms with E-state index in [1.54, 1.807) is 4.90 Å². The van der Waals surface area contributed by atoms with Crippen LogP contribution in [-0.4, -0.2) is 54.2 Å². The molecule has 0 amide bonds. The van der Waals surface area contributed by atoms with Crippen LogP contribution in [0, 0.1) is 5.41 Å². The lowest BCUT2D eigenvalue weighted by Crippen LogP contribution is -2.42. The van der Waals surface area contributed by atoms with Crippen LogP contribution in [0.5, 0.6) is 0 Å². The first-order valence-electron chi connectivity index (χ1n) is 5.63. The Hall–Kier alpha value is -1.56. The lowest BCUT2D eigenvalue weighted by molar-refractivity contribution is -0.132. The van der Waals surface area contributed by atoms with Crippen LogP contribution in [0.1, 0.15) is 13.8 Å². The highest BCUT2D eigenvalue weighted by Crippen LogP contribution is 2.05. The highest BCUT2D eigenvalue weighted by atomic mass is 16.5. The van der Waals surface area contributed by atoms with Gasteiger partial charge in [0.05, 0.1) is 13.2 Å². The largest absolute Gasteiger partial charge is 0.478 e. The van der Waals surface area contributed by atoms with E-state index in [0.29, 0.717) is 26.3 Å². The number of amidine groups is 1. The lowest BCUT2D eigenvalue weighted by Gasteiger charge is -2.29. The molecule has 0 spiro atoms. The first kappa shape index (κ1) is 13.5. The second kappa shape index (κ2) is 6.24. The van der Waals surface area contributed by atoms with Gasteiger partial charge in [-0.2, -0.15) is 0 Å². The number of aliphatic carboxylic acids is 1. The summed E-state index contributed by atoms with van der Waals surface area (Å²) in [5.74, 6) is -1.05. The third kappa shape index (κ3) is 4.07. The molecule has 17 heavy (non-hydrogen) atoms. The molecule has 0 aromatic carbocycles. The predicted molar refractivity (Wildman–Crippen MR) is 64.1 cm³/mol. The van der Waals surface area contributed by atoms with Gasteiger partial charge < -0.3 is 20.1 Å². The summed E-state index contributed by atoms with van der Waals surface area (Å²) in [7, 11) is 0. The predicted octanol–water partition coefficient (Wildman–Crippen LogP) is 0.262. The minimum atomic E-state index is -1.09. The van der Waals surface area contributed by atoms with Crippen molar-refractivity contribution < 1.29 is 14.6 Å². The molecule has 0 aliphatic carbocycles. The molecule has 1 fully saturated rings. The van der Waals surface area contributed by atoms with Gasteiger partial charge in [-0.25, -0.2) is 4.79 Å². The van der Waals surface area contributed by atoms with Crippen molar-refractivity contribution in [3.05, 3.63) is 11.8 Å². The number of carboxylic acid groups (broad SMARTS) is 1. The normalized spacial score (nSPS) is 17.1. The zero-order valence-electron chi connectivity index (χ0n) is 10.2. The van der Waals surface area contributed by atoms with Crippen molar-refractivity contribution in [3.63, 3.8) is 0 Å². The van der Waals surface area contributed by atoms with E-state index in [2.05, 4.69) is 5.32 Å². The molecule has 0 unspecified atom stereocenters. The second-order valence-electron chi connectivity index (χ2n) is 4.13. The maximum atomic E-state index is 11.1. The zero-order chi connectivity index (χ0) is 12.8. The number of ether oxygens (including phenoxy) is 1. The fraction of sp³-hybridized carbons (Fsp3) is 0.636. The minimum Gasteiger partial charge on any atom is -0.478 e. The Morgan fingerprint density at radius 2 is 2.06 bits per heavy atom. The maximum Gasteiger partial charge on any atom is 0.340 e. The van der Waals surface area contributed by atoms with Gasteiger partial charge in [0.1, 0.15) is 11.4 Å². The smallest absolute Gasteiger partial charge is 0.340 e. The first-order valence-corrected chi connectivity index (χ1v) is 5.63. The number of nitrogens with zero attached hydrogens (tertiary/aromatic N) is 1. The Bertz CT molecular complexity index is 320. The highest BCUT2D eigenvalue weighted by Gasteiger charge is 2.21. The third-order valence-electron chi connectivity index (χ3n) is 2.37. The Kier molecular flexibility index (Phi) is 4.96. The van der Waals surface area contributed by atoms with Crippen LogP contribution >= 0.6 is 0 Å². The van der Waals surface area contributed by atoms with Crippen molar-refractivity contribution in [3.8, 4) is 0 Å². The van der Waals surface area contributed by atoms with Gasteiger partial charge in [-0.05, 0) is 13.8 Å². The Labute approximate surface area is 101 Å². The summed E-state index contributed by atoms with van der Waals surface area (Å²) in [6, 6.07) is 0.141. The fourth-order valence-corrected chi connectivity index (χ4v) is 1.44. The van der Waals surface area contributed by atoms with Gasteiger partial charge in [-0.3, -0.25) is 5.41 Å². The molecule has 6 nitrogen and oxygen atoms in total. The summed E-state index contributed by atoms with van der Waals surface area (Å²) in [5, 5.41) is 19.9. The molecule has 1 aliphatic heterocycles. The molecule has 0 bridgehead atoms. The van der Waals surface area contributed by atoms with E-state index in [-0.39, 0.29) is 17.5 Å². The maximum absolute atomic E-state index is 11.1. The minimum absolute atomic E-state index is 0.0133. The molecular formula is C11H19N3O3. The van der Waals surface area contributed by atoms with E-state index < -0.39 is 5.97 Å². The molecule has 1 heterocycles. The van der Waals surface area contributed by atoms with E-state index in [9.17, 15) is 4.79 Å². The molecule has 6 heteroatoms. The molecule has 3 N–H and O–H groups in total. The van der Waals surface area contributed by atoms with Crippen molar-refractivity contribution in [2.45, 2.75) is 19.9 Å². The molecule has 0 radical (unpaired) electrons. The highest BCUT2D eigenvalue weighted by molar-refractivity contribution is 6.16. The van der Waals surface area contributed by atoms with Gasteiger partial charge >= 0.3 is 5.97 Å². The van der Waals surface area contributed by atoms with Crippen molar-refractivity contribution >= 4 is 11.8 Å². The molecule has 0 aromatic heterocycles. The zero-order valence-corrected chi connectivity index (χ0v) is 10.2. The number of carbonyl (C=O) groups is 1. The molecule has 0 aromatic rings. The monoisotopic (exact) mass is 241 g/mol. The van der Waals surface area contributed by atoms with Crippen LogP contribution in [0.25, 0.3) is 0 Å². The van der Waals surface area contributed by atoms with Crippen molar-refractivity contribution in [1.82, 2.24) is 10.2 Å². The average Bonchev–Trinajstić information content (AvgIpc) is 2.29. The second-order valence-corrected chi connectivity index (χ2v) is 4.13. The van der Waals surface area contributed by atoms with Crippen LogP contribution in [-0.2, 0) is 9.53 Å². The van der Waals surface area contributed by atoms with Gasteiger partial charge in [0.2, 0.25) is 0 Å².